The Morgan fingerprint density at radius 1 is 1.24 bits per heavy atom. The van der Waals surface area contributed by atoms with E-state index in [0.717, 1.165) is 19.6 Å². The van der Waals surface area contributed by atoms with E-state index in [2.05, 4.69) is 61.4 Å². The molecule has 96 valence electrons. The average molecular weight is 234 g/mol. The summed E-state index contributed by atoms with van der Waals surface area (Å²) >= 11 is 0. The van der Waals surface area contributed by atoms with Crippen LogP contribution in [-0.2, 0) is 6.42 Å². The Bertz CT molecular complexity index is 284. The first-order valence-corrected chi connectivity index (χ1v) is 6.68. The SMILES string of the molecule is CCN(C)CC(C)NCCCc1ccccc1. The minimum absolute atomic E-state index is 0.579. The molecular weight excluding hydrogens is 208 g/mol. The first kappa shape index (κ1) is 14.2. The Balaban J connectivity index is 2.08. The van der Waals surface area contributed by atoms with Crippen molar-refractivity contribution in [3.05, 3.63) is 35.9 Å². The van der Waals surface area contributed by atoms with E-state index >= 15 is 0 Å². The van der Waals surface area contributed by atoms with Crippen molar-refractivity contribution >= 4 is 0 Å². The number of nitrogens with one attached hydrogen (secondary N) is 1. The molecule has 1 atom stereocenters. The molecule has 1 unspecified atom stereocenters. The van der Waals surface area contributed by atoms with Gasteiger partial charge in [0.2, 0.25) is 0 Å². The van der Waals surface area contributed by atoms with Crippen LogP contribution in [0.15, 0.2) is 30.3 Å². The maximum atomic E-state index is 3.58. The molecule has 0 radical (unpaired) electrons. The van der Waals surface area contributed by atoms with Crippen LogP contribution in [-0.4, -0.2) is 37.6 Å². The Hall–Kier alpha value is -0.860. The van der Waals surface area contributed by atoms with Crippen molar-refractivity contribution in [3.8, 4) is 0 Å². The van der Waals surface area contributed by atoms with Gasteiger partial charge in [0.1, 0.15) is 0 Å². The van der Waals surface area contributed by atoms with Gasteiger partial charge in [-0.1, -0.05) is 37.3 Å². The number of hydrogen-bond acceptors (Lipinski definition) is 2. The lowest BCUT2D eigenvalue weighted by atomic mass is 10.1. The highest BCUT2D eigenvalue weighted by molar-refractivity contribution is 5.14. The zero-order chi connectivity index (χ0) is 12.5. The van der Waals surface area contributed by atoms with Gasteiger partial charge in [-0.15, -0.1) is 0 Å². The second-order valence-electron chi connectivity index (χ2n) is 4.80. The lowest BCUT2D eigenvalue weighted by Crippen LogP contribution is -2.37. The van der Waals surface area contributed by atoms with E-state index in [4.69, 9.17) is 0 Å². The molecule has 0 bridgehead atoms. The first-order chi connectivity index (χ1) is 8.22. The molecule has 1 rings (SSSR count). The summed E-state index contributed by atoms with van der Waals surface area (Å²) in [6.45, 7) is 7.81. The molecule has 2 heteroatoms. The van der Waals surface area contributed by atoms with Crippen LogP contribution < -0.4 is 5.32 Å². The predicted octanol–water partition coefficient (Wildman–Crippen LogP) is 2.55. The summed E-state index contributed by atoms with van der Waals surface area (Å²) in [6.07, 6.45) is 2.38. The molecule has 0 saturated carbocycles. The summed E-state index contributed by atoms with van der Waals surface area (Å²) in [5.41, 5.74) is 1.44. The molecule has 0 heterocycles. The van der Waals surface area contributed by atoms with E-state index in [1.165, 1.54) is 18.4 Å². The Morgan fingerprint density at radius 2 is 1.94 bits per heavy atom. The van der Waals surface area contributed by atoms with Gasteiger partial charge in [0.15, 0.2) is 0 Å². The van der Waals surface area contributed by atoms with E-state index in [0.29, 0.717) is 6.04 Å². The molecule has 1 aromatic carbocycles. The number of hydrogen-bond donors (Lipinski definition) is 1. The molecule has 0 aliphatic rings. The molecule has 1 N–H and O–H groups in total. The number of benzene rings is 1. The van der Waals surface area contributed by atoms with Crippen molar-refractivity contribution in [1.82, 2.24) is 10.2 Å². The fourth-order valence-corrected chi connectivity index (χ4v) is 1.95. The third kappa shape index (κ3) is 6.44. The predicted molar refractivity (Wildman–Crippen MR) is 75.4 cm³/mol. The fraction of sp³-hybridized carbons (Fsp3) is 0.600. The highest BCUT2D eigenvalue weighted by Crippen LogP contribution is 2.01. The molecule has 0 spiro atoms. The maximum absolute atomic E-state index is 3.58. The first-order valence-electron chi connectivity index (χ1n) is 6.68. The van der Waals surface area contributed by atoms with Gasteiger partial charge in [0.05, 0.1) is 0 Å². The van der Waals surface area contributed by atoms with E-state index in [-0.39, 0.29) is 0 Å². The largest absolute Gasteiger partial charge is 0.313 e. The molecule has 17 heavy (non-hydrogen) atoms. The highest BCUT2D eigenvalue weighted by atomic mass is 15.1. The van der Waals surface area contributed by atoms with Crippen LogP contribution in [0, 0.1) is 0 Å². The third-order valence-corrected chi connectivity index (χ3v) is 3.10. The van der Waals surface area contributed by atoms with Gasteiger partial charge in [-0.2, -0.15) is 0 Å². The number of aryl methyl sites for hydroxylation is 1. The molecule has 1 aromatic rings. The normalized spacial score (nSPS) is 12.9. The van der Waals surface area contributed by atoms with Gasteiger partial charge >= 0.3 is 0 Å². The third-order valence-electron chi connectivity index (χ3n) is 3.10. The van der Waals surface area contributed by atoms with E-state index < -0.39 is 0 Å². The molecule has 0 saturated heterocycles. The molecular formula is C15H26N2. The summed E-state index contributed by atoms with van der Waals surface area (Å²) in [4.78, 5) is 2.34. The molecule has 0 aliphatic heterocycles. The summed E-state index contributed by atoms with van der Waals surface area (Å²) < 4.78 is 0. The van der Waals surface area contributed by atoms with Crippen LogP contribution in [0.3, 0.4) is 0 Å². The number of likely N-dealkylation sites (N-methyl/N-ethyl adjacent to an activating group) is 1. The Morgan fingerprint density at radius 3 is 2.59 bits per heavy atom. The fourth-order valence-electron chi connectivity index (χ4n) is 1.95. The van der Waals surface area contributed by atoms with E-state index in [9.17, 15) is 0 Å². The summed E-state index contributed by atoms with van der Waals surface area (Å²) in [7, 11) is 2.17. The van der Waals surface area contributed by atoms with Crippen LogP contribution in [0.25, 0.3) is 0 Å². The maximum Gasteiger partial charge on any atom is 0.0166 e. The minimum atomic E-state index is 0.579. The number of nitrogens with zero attached hydrogens (tertiary/aromatic N) is 1. The summed E-state index contributed by atoms with van der Waals surface area (Å²) in [6, 6.07) is 11.3. The van der Waals surface area contributed by atoms with E-state index in [1.807, 2.05) is 0 Å². The van der Waals surface area contributed by atoms with E-state index in [1.54, 1.807) is 0 Å². The zero-order valence-electron chi connectivity index (χ0n) is 11.4. The topological polar surface area (TPSA) is 15.3 Å². The molecule has 0 amide bonds. The minimum Gasteiger partial charge on any atom is -0.313 e. The summed E-state index contributed by atoms with van der Waals surface area (Å²) in [5, 5.41) is 3.58. The van der Waals surface area contributed by atoms with Crippen LogP contribution in [0.4, 0.5) is 0 Å². The lowest BCUT2D eigenvalue weighted by molar-refractivity contribution is 0.310. The highest BCUT2D eigenvalue weighted by Gasteiger charge is 2.03. The van der Waals surface area contributed by atoms with Crippen molar-refractivity contribution in [2.75, 3.05) is 26.7 Å². The lowest BCUT2D eigenvalue weighted by Gasteiger charge is -2.20. The van der Waals surface area contributed by atoms with Gasteiger partial charge in [-0.05, 0) is 45.5 Å². The van der Waals surface area contributed by atoms with Crippen LogP contribution >= 0.6 is 0 Å². The summed E-state index contributed by atoms with van der Waals surface area (Å²) in [5.74, 6) is 0. The number of rotatable bonds is 8. The van der Waals surface area contributed by atoms with Crippen molar-refractivity contribution in [1.29, 1.82) is 0 Å². The van der Waals surface area contributed by atoms with Crippen molar-refractivity contribution in [2.24, 2.45) is 0 Å². The second-order valence-corrected chi connectivity index (χ2v) is 4.80. The second kappa shape index (κ2) is 8.26. The Labute approximate surface area is 106 Å². The van der Waals surface area contributed by atoms with Gasteiger partial charge < -0.3 is 10.2 Å². The molecule has 0 aromatic heterocycles. The van der Waals surface area contributed by atoms with Gasteiger partial charge in [0.25, 0.3) is 0 Å². The van der Waals surface area contributed by atoms with Gasteiger partial charge in [-0.3, -0.25) is 0 Å². The van der Waals surface area contributed by atoms with Crippen LogP contribution in [0.2, 0.25) is 0 Å². The van der Waals surface area contributed by atoms with Gasteiger partial charge in [0, 0.05) is 12.6 Å². The smallest absolute Gasteiger partial charge is 0.0166 e. The van der Waals surface area contributed by atoms with Crippen molar-refractivity contribution < 1.29 is 0 Å². The average Bonchev–Trinajstić information content (AvgIpc) is 2.36. The van der Waals surface area contributed by atoms with Gasteiger partial charge in [-0.25, -0.2) is 0 Å². The monoisotopic (exact) mass is 234 g/mol. The molecule has 0 fully saturated rings. The molecule has 0 aliphatic carbocycles. The quantitative estimate of drug-likeness (QED) is 0.695. The Kier molecular flexibility index (Phi) is 6.90. The molecule has 2 nitrogen and oxygen atoms in total. The van der Waals surface area contributed by atoms with Crippen molar-refractivity contribution in [2.45, 2.75) is 32.7 Å². The standard InChI is InChI=1S/C15H26N2/c1-4-17(3)13-14(2)16-12-8-11-15-9-6-5-7-10-15/h5-7,9-10,14,16H,4,8,11-13H2,1-3H3. The van der Waals surface area contributed by atoms with Crippen molar-refractivity contribution in [3.63, 3.8) is 0 Å². The van der Waals surface area contributed by atoms with Crippen LogP contribution in [0.5, 0.6) is 0 Å². The van der Waals surface area contributed by atoms with Crippen LogP contribution in [0.1, 0.15) is 25.8 Å². The zero-order valence-corrected chi connectivity index (χ0v) is 11.4.